The summed E-state index contributed by atoms with van der Waals surface area (Å²) < 4.78 is 0. The van der Waals surface area contributed by atoms with E-state index in [1.165, 1.54) is 0 Å². The molecule has 1 unspecified atom stereocenters. The zero-order valence-corrected chi connectivity index (χ0v) is 7.69. The molecule has 1 atom stereocenters. The third kappa shape index (κ3) is 1.82. The van der Waals surface area contributed by atoms with Gasteiger partial charge in [0.25, 0.3) is 0 Å². The Labute approximate surface area is 82.1 Å². The SMILES string of the molecule is O=C1CC(Cc2ccccc2)C(=O)N1. The van der Waals surface area contributed by atoms with E-state index in [1.54, 1.807) is 0 Å². The first-order valence-electron chi connectivity index (χ1n) is 4.63. The Morgan fingerprint density at radius 3 is 2.50 bits per heavy atom. The molecule has 2 amide bonds. The fourth-order valence-corrected chi connectivity index (χ4v) is 1.67. The van der Waals surface area contributed by atoms with Crippen molar-refractivity contribution in [3.05, 3.63) is 35.9 Å². The van der Waals surface area contributed by atoms with Gasteiger partial charge in [0.15, 0.2) is 0 Å². The van der Waals surface area contributed by atoms with Gasteiger partial charge in [-0.25, -0.2) is 0 Å². The van der Waals surface area contributed by atoms with Crippen molar-refractivity contribution in [3.63, 3.8) is 0 Å². The summed E-state index contributed by atoms with van der Waals surface area (Å²) in [6, 6.07) is 9.74. The van der Waals surface area contributed by atoms with E-state index >= 15 is 0 Å². The highest BCUT2D eigenvalue weighted by Crippen LogP contribution is 2.16. The third-order valence-electron chi connectivity index (χ3n) is 2.39. The zero-order valence-electron chi connectivity index (χ0n) is 7.69. The lowest BCUT2D eigenvalue weighted by Gasteiger charge is -2.04. The van der Waals surface area contributed by atoms with E-state index in [9.17, 15) is 9.59 Å². The van der Waals surface area contributed by atoms with Gasteiger partial charge in [0.05, 0.1) is 5.92 Å². The van der Waals surface area contributed by atoms with Crippen LogP contribution >= 0.6 is 0 Å². The minimum atomic E-state index is -0.176. The molecule has 1 N–H and O–H groups in total. The average Bonchev–Trinajstić information content (AvgIpc) is 2.47. The number of carbonyl (C=O) groups excluding carboxylic acids is 2. The molecule has 3 heteroatoms. The molecule has 1 heterocycles. The van der Waals surface area contributed by atoms with E-state index in [-0.39, 0.29) is 17.7 Å². The predicted octanol–water partition coefficient (Wildman–Crippen LogP) is 0.892. The minimum Gasteiger partial charge on any atom is -0.296 e. The lowest BCUT2D eigenvalue weighted by atomic mass is 9.98. The number of hydrogen-bond donors (Lipinski definition) is 1. The van der Waals surface area contributed by atoms with Crippen LogP contribution in [0.25, 0.3) is 0 Å². The highest BCUT2D eigenvalue weighted by molar-refractivity contribution is 6.03. The monoisotopic (exact) mass is 189 g/mol. The van der Waals surface area contributed by atoms with Crippen LogP contribution in [0.2, 0.25) is 0 Å². The molecular weight excluding hydrogens is 178 g/mol. The number of nitrogens with one attached hydrogen (secondary N) is 1. The maximum absolute atomic E-state index is 11.3. The first-order valence-corrected chi connectivity index (χ1v) is 4.63. The van der Waals surface area contributed by atoms with Crippen LogP contribution in [-0.4, -0.2) is 11.8 Å². The van der Waals surface area contributed by atoms with Crippen LogP contribution in [0, 0.1) is 5.92 Å². The van der Waals surface area contributed by atoms with Gasteiger partial charge in [-0.15, -0.1) is 0 Å². The maximum atomic E-state index is 11.3. The molecule has 2 rings (SSSR count). The number of carbonyl (C=O) groups is 2. The van der Waals surface area contributed by atoms with E-state index in [4.69, 9.17) is 0 Å². The minimum absolute atomic E-state index is 0.140. The molecule has 14 heavy (non-hydrogen) atoms. The number of rotatable bonds is 2. The van der Waals surface area contributed by atoms with Gasteiger partial charge < -0.3 is 0 Å². The highest BCUT2D eigenvalue weighted by atomic mass is 16.2. The molecule has 72 valence electrons. The smallest absolute Gasteiger partial charge is 0.230 e. The second-order valence-corrected chi connectivity index (χ2v) is 3.50. The molecule has 1 saturated heterocycles. The first kappa shape index (κ1) is 8.94. The van der Waals surface area contributed by atoms with Gasteiger partial charge in [0.1, 0.15) is 0 Å². The normalized spacial score (nSPS) is 21.0. The number of imide groups is 1. The highest BCUT2D eigenvalue weighted by Gasteiger charge is 2.30. The topological polar surface area (TPSA) is 46.2 Å². The standard InChI is InChI=1S/C11H11NO2/c13-10-7-9(11(14)12-10)6-8-4-2-1-3-5-8/h1-5,9H,6-7H2,(H,12,13,14). The summed E-state index contributed by atoms with van der Waals surface area (Å²) in [7, 11) is 0. The van der Waals surface area contributed by atoms with E-state index in [0.717, 1.165) is 5.56 Å². The van der Waals surface area contributed by atoms with Crippen LogP contribution in [0.15, 0.2) is 30.3 Å². The molecule has 0 spiro atoms. The summed E-state index contributed by atoms with van der Waals surface area (Å²) in [6.45, 7) is 0. The molecule has 1 aliphatic heterocycles. The van der Waals surface area contributed by atoms with E-state index in [2.05, 4.69) is 5.32 Å². The molecule has 1 aliphatic rings. The van der Waals surface area contributed by atoms with Gasteiger partial charge >= 0.3 is 0 Å². The van der Waals surface area contributed by atoms with Crippen molar-refractivity contribution in [1.29, 1.82) is 0 Å². The molecule has 3 nitrogen and oxygen atoms in total. The van der Waals surface area contributed by atoms with Crippen molar-refractivity contribution in [1.82, 2.24) is 5.32 Å². The molecule has 1 aromatic rings. The fourth-order valence-electron chi connectivity index (χ4n) is 1.67. The number of benzene rings is 1. The predicted molar refractivity (Wildman–Crippen MR) is 51.4 cm³/mol. The molecule has 0 bridgehead atoms. The van der Waals surface area contributed by atoms with E-state index < -0.39 is 0 Å². The molecule has 0 aliphatic carbocycles. The summed E-state index contributed by atoms with van der Waals surface area (Å²) in [6.07, 6.45) is 0.978. The largest absolute Gasteiger partial charge is 0.296 e. The van der Waals surface area contributed by atoms with Gasteiger partial charge in [-0.1, -0.05) is 30.3 Å². The van der Waals surface area contributed by atoms with E-state index in [0.29, 0.717) is 12.8 Å². The quantitative estimate of drug-likeness (QED) is 0.702. The molecular formula is C11H11NO2. The Balaban J connectivity index is 2.05. The molecule has 1 aromatic carbocycles. The van der Waals surface area contributed by atoms with Crippen LogP contribution in [0.3, 0.4) is 0 Å². The van der Waals surface area contributed by atoms with Gasteiger partial charge in [-0.3, -0.25) is 14.9 Å². The van der Waals surface area contributed by atoms with Crippen LogP contribution in [0.1, 0.15) is 12.0 Å². The van der Waals surface area contributed by atoms with Crippen LogP contribution in [0.4, 0.5) is 0 Å². The Morgan fingerprint density at radius 2 is 1.93 bits per heavy atom. The molecule has 0 radical (unpaired) electrons. The average molecular weight is 189 g/mol. The first-order chi connectivity index (χ1) is 6.75. The summed E-state index contributed by atoms with van der Waals surface area (Å²) in [4.78, 5) is 22.2. The summed E-state index contributed by atoms with van der Waals surface area (Å²) in [5.74, 6) is -0.473. The van der Waals surface area contributed by atoms with Crippen molar-refractivity contribution in [2.24, 2.45) is 5.92 Å². The summed E-state index contributed by atoms with van der Waals surface area (Å²) in [5, 5.41) is 2.31. The van der Waals surface area contributed by atoms with Crippen molar-refractivity contribution in [2.45, 2.75) is 12.8 Å². The van der Waals surface area contributed by atoms with Gasteiger partial charge in [-0.05, 0) is 12.0 Å². The lowest BCUT2D eigenvalue weighted by Crippen LogP contribution is -2.22. The van der Waals surface area contributed by atoms with Gasteiger partial charge in [0, 0.05) is 6.42 Å². The molecule has 1 fully saturated rings. The molecule has 0 saturated carbocycles. The van der Waals surface area contributed by atoms with Crippen LogP contribution in [0.5, 0.6) is 0 Å². The van der Waals surface area contributed by atoms with Crippen molar-refractivity contribution < 1.29 is 9.59 Å². The lowest BCUT2D eigenvalue weighted by molar-refractivity contribution is -0.125. The Morgan fingerprint density at radius 1 is 1.21 bits per heavy atom. The van der Waals surface area contributed by atoms with Crippen molar-refractivity contribution in [3.8, 4) is 0 Å². The second-order valence-electron chi connectivity index (χ2n) is 3.50. The maximum Gasteiger partial charge on any atom is 0.230 e. The molecule has 0 aromatic heterocycles. The number of hydrogen-bond acceptors (Lipinski definition) is 2. The van der Waals surface area contributed by atoms with Gasteiger partial charge in [-0.2, -0.15) is 0 Å². The Bertz CT molecular complexity index is 359. The Kier molecular flexibility index (Phi) is 2.31. The van der Waals surface area contributed by atoms with Crippen LogP contribution < -0.4 is 5.32 Å². The van der Waals surface area contributed by atoms with Crippen molar-refractivity contribution >= 4 is 11.8 Å². The zero-order chi connectivity index (χ0) is 9.97. The van der Waals surface area contributed by atoms with E-state index in [1.807, 2.05) is 30.3 Å². The number of amides is 2. The summed E-state index contributed by atoms with van der Waals surface area (Å²) in [5.41, 5.74) is 1.10. The fraction of sp³-hybridized carbons (Fsp3) is 0.273. The van der Waals surface area contributed by atoms with Crippen molar-refractivity contribution in [2.75, 3.05) is 0 Å². The van der Waals surface area contributed by atoms with Crippen LogP contribution in [-0.2, 0) is 16.0 Å². The van der Waals surface area contributed by atoms with Gasteiger partial charge in [0.2, 0.25) is 11.8 Å². The second kappa shape index (κ2) is 3.62. The summed E-state index contributed by atoms with van der Waals surface area (Å²) >= 11 is 0. The third-order valence-corrected chi connectivity index (χ3v) is 2.39. The Hall–Kier alpha value is -1.64.